The summed E-state index contributed by atoms with van der Waals surface area (Å²) in [6, 6.07) is 14.5. The molecule has 234 valence electrons. The Hall–Kier alpha value is -4.51. The molecule has 3 aliphatic rings. The predicted octanol–water partition coefficient (Wildman–Crippen LogP) is 3.28. The number of aliphatic hydroxyl groups excluding tert-OH is 2. The Morgan fingerprint density at radius 2 is 1.69 bits per heavy atom. The van der Waals surface area contributed by atoms with E-state index in [1.807, 2.05) is 24.3 Å². The highest BCUT2D eigenvalue weighted by Crippen LogP contribution is 2.54. The van der Waals surface area contributed by atoms with Crippen molar-refractivity contribution in [3.8, 4) is 16.9 Å². The summed E-state index contributed by atoms with van der Waals surface area (Å²) in [5.41, 5.74) is 5.20. The molecule has 3 aromatic rings. The topological polar surface area (TPSA) is 173 Å². The van der Waals surface area contributed by atoms with Crippen LogP contribution in [0.3, 0.4) is 0 Å². The molecule has 3 aromatic carbocycles. The zero-order chi connectivity index (χ0) is 32.5. The zero-order valence-electron chi connectivity index (χ0n) is 25.6. The minimum atomic E-state index is -2.67. The molecule has 4 unspecified atom stereocenters. The highest BCUT2D eigenvalue weighted by Gasteiger charge is 2.64. The fourth-order valence-electron chi connectivity index (χ4n) is 7.56. The Morgan fingerprint density at radius 1 is 1.02 bits per heavy atom. The number of benzene rings is 3. The number of nitrogens with two attached hydrogens (primary N) is 1. The van der Waals surface area contributed by atoms with Gasteiger partial charge in [-0.3, -0.25) is 19.3 Å². The van der Waals surface area contributed by atoms with Crippen molar-refractivity contribution in [1.29, 1.82) is 0 Å². The number of phenolic OH excluding ortho intramolecular Hbond substituents is 1. The number of Topliss-reactive ketones (excluding diaryl/α,β-unsaturated/α-hetero) is 2. The zero-order valence-corrected chi connectivity index (χ0v) is 25.6. The first-order valence-electron chi connectivity index (χ1n) is 15.0. The van der Waals surface area contributed by atoms with Crippen LogP contribution in [0.5, 0.6) is 5.75 Å². The minimum absolute atomic E-state index is 0.0292. The number of amides is 1. The van der Waals surface area contributed by atoms with Crippen LogP contribution in [0.25, 0.3) is 27.7 Å². The number of aromatic hydroxyl groups is 1. The van der Waals surface area contributed by atoms with Gasteiger partial charge in [0.15, 0.2) is 11.4 Å². The summed E-state index contributed by atoms with van der Waals surface area (Å²) in [4.78, 5) is 41.2. The average Bonchev–Trinajstić information content (AvgIpc) is 2.97. The maximum atomic E-state index is 14.1. The van der Waals surface area contributed by atoms with E-state index in [4.69, 9.17) is 5.73 Å². The van der Waals surface area contributed by atoms with Crippen LogP contribution in [0.2, 0.25) is 0 Å². The Morgan fingerprint density at radius 3 is 2.33 bits per heavy atom. The number of carbonyl (C=O) groups excluding carboxylic acids is 3. The molecule has 7 N–H and O–H groups in total. The molecule has 1 fully saturated rings. The van der Waals surface area contributed by atoms with E-state index in [1.165, 1.54) is 11.0 Å². The van der Waals surface area contributed by atoms with E-state index < -0.39 is 58.0 Å². The summed E-state index contributed by atoms with van der Waals surface area (Å²) < 4.78 is 0. The first-order chi connectivity index (χ1) is 21.3. The number of rotatable bonds is 6. The average molecular weight is 612 g/mol. The van der Waals surface area contributed by atoms with Crippen molar-refractivity contribution in [2.75, 3.05) is 14.1 Å². The first kappa shape index (κ1) is 30.5. The van der Waals surface area contributed by atoms with Gasteiger partial charge >= 0.3 is 0 Å². The molecule has 0 spiro atoms. The molecule has 6 rings (SSSR count). The van der Waals surface area contributed by atoms with Crippen molar-refractivity contribution in [3.05, 3.63) is 82.1 Å². The number of hydrogen-bond donors (Lipinski definition) is 6. The van der Waals surface area contributed by atoms with Crippen molar-refractivity contribution in [2.24, 2.45) is 17.6 Å². The molecule has 0 radical (unpaired) electrons. The lowest BCUT2D eigenvalue weighted by Gasteiger charge is -2.50. The van der Waals surface area contributed by atoms with Gasteiger partial charge in [-0.15, -0.1) is 0 Å². The number of carbonyl (C=O) groups is 3. The third kappa shape index (κ3) is 4.47. The number of nitrogens with one attached hydrogen (secondary N) is 1. The van der Waals surface area contributed by atoms with Crippen LogP contribution >= 0.6 is 0 Å². The lowest BCUT2D eigenvalue weighted by atomic mass is 9.57. The highest BCUT2D eigenvalue weighted by atomic mass is 16.3. The standard InChI is InChI=1S/C35H37N3O7/c1-16(2)37-15-17-9-10-21(20-8-6-5-7-19(17)20)22-11-12-25(39)27-23(22)13-18-14-24-29(38(3)4)31(41)28(34(36)44)33(43)35(24,45)32(42)26(18)30(27)40/h5-12,16,18,24,29,37,39-40,43,45H,13-15H2,1-4H3,(H2,36,44). The molecule has 0 aromatic heterocycles. The Bertz CT molecular complexity index is 1860. The number of fused-ring (bicyclic) bond motifs is 4. The summed E-state index contributed by atoms with van der Waals surface area (Å²) in [6.45, 7) is 4.85. The minimum Gasteiger partial charge on any atom is -0.508 e. The van der Waals surface area contributed by atoms with E-state index in [-0.39, 0.29) is 29.7 Å². The maximum Gasteiger partial charge on any atom is 0.255 e. The van der Waals surface area contributed by atoms with Crippen LogP contribution in [0.15, 0.2) is 65.4 Å². The van der Waals surface area contributed by atoms with Crippen LogP contribution in [-0.2, 0) is 27.3 Å². The predicted molar refractivity (Wildman–Crippen MR) is 169 cm³/mol. The largest absolute Gasteiger partial charge is 0.508 e. The van der Waals surface area contributed by atoms with E-state index in [0.29, 0.717) is 18.2 Å². The monoisotopic (exact) mass is 611 g/mol. The molecule has 0 saturated heterocycles. The number of primary amides is 1. The summed E-state index contributed by atoms with van der Waals surface area (Å²) in [5, 5.41) is 51.1. The molecule has 4 atom stereocenters. The van der Waals surface area contributed by atoms with E-state index in [9.17, 15) is 34.8 Å². The number of hydrogen-bond acceptors (Lipinski definition) is 9. The number of phenols is 1. The summed E-state index contributed by atoms with van der Waals surface area (Å²) in [5.74, 6) is -6.72. The van der Waals surface area contributed by atoms with Crippen molar-refractivity contribution in [3.63, 3.8) is 0 Å². The van der Waals surface area contributed by atoms with Gasteiger partial charge in [-0.05, 0) is 71.9 Å². The molecule has 10 heteroatoms. The number of ketones is 2. The smallest absolute Gasteiger partial charge is 0.255 e. The molecule has 1 saturated carbocycles. The van der Waals surface area contributed by atoms with E-state index in [0.717, 1.165) is 27.5 Å². The molecule has 3 aliphatic carbocycles. The quantitative estimate of drug-likeness (QED) is 0.229. The van der Waals surface area contributed by atoms with Gasteiger partial charge in [-0.1, -0.05) is 56.3 Å². The van der Waals surface area contributed by atoms with Gasteiger partial charge in [0.05, 0.1) is 11.6 Å². The van der Waals surface area contributed by atoms with Crippen LogP contribution in [0, 0.1) is 11.8 Å². The van der Waals surface area contributed by atoms with Crippen LogP contribution in [0.1, 0.15) is 37.0 Å². The fraction of sp³-hybridized carbons (Fsp3) is 0.343. The number of aliphatic hydroxyl groups is 3. The Labute approximate surface area is 260 Å². The number of nitrogens with zero attached hydrogens (tertiary/aromatic N) is 1. The highest BCUT2D eigenvalue weighted by molar-refractivity contribution is 6.24. The first-order valence-corrected chi connectivity index (χ1v) is 15.0. The third-order valence-corrected chi connectivity index (χ3v) is 9.61. The fourth-order valence-corrected chi connectivity index (χ4v) is 7.56. The van der Waals surface area contributed by atoms with Crippen molar-refractivity contribution in [2.45, 2.75) is 50.9 Å². The normalized spacial score (nSPS) is 24.7. The second-order valence-corrected chi connectivity index (χ2v) is 12.8. The lowest BCUT2D eigenvalue weighted by Crippen LogP contribution is -2.65. The molecule has 10 nitrogen and oxygen atoms in total. The van der Waals surface area contributed by atoms with Crippen molar-refractivity contribution < 1.29 is 34.8 Å². The van der Waals surface area contributed by atoms with Gasteiger partial charge in [0.2, 0.25) is 5.78 Å². The van der Waals surface area contributed by atoms with Gasteiger partial charge in [0, 0.05) is 24.1 Å². The van der Waals surface area contributed by atoms with Crippen molar-refractivity contribution in [1.82, 2.24) is 10.2 Å². The molecular weight excluding hydrogens is 574 g/mol. The second-order valence-electron chi connectivity index (χ2n) is 12.8. The van der Waals surface area contributed by atoms with Gasteiger partial charge in [0.1, 0.15) is 22.8 Å². The van der Waals surface area contributed by atoms with Crippen LogP contribution in [0.4, 0.5) is 0 Å². The summed E-state index contributed by atoms with van der Waals surface area (Å²) in [6.07, 6.45) is 0.241. The van der Waals surface area contributed by atoms with E-state index >= 15 is 0 Å². The lowest BCUT2D eigenvalue weighted by molar-refractivity contribution is -0.153. The molecule has 45 heavy (non-hydrogen) atoms. The molecule has 0 bridgehead atoms. The summed E-state index contributed by atoms with van der Waals surface area (Å²) in [7, 11) is 3.16. The Kier molecular flexibility index (Phi) is 7.35. The van der Waals surface area contributed by atoms with Gasteiger partial charge in [-0.25, -0.2) is 0 Å². The second kappa shape index (κ2) is 10.8. The SMILES string of the molecule is CC(C)NCc1ccc(-c2ccc(O)c3c2CC2CC4C(N(C)C)C(=O)C(C(N)=O)=C(O)C4(O)C(=O)C2=C3O)c2ccccc12. The van der Waals surface area contributed by atoms with Crippen molar-refractivity contribution >= 4 is 34.0 Å². The van der Waals surface area contributed by atoms with E-state index in [1.54, 1.807) is 20.2 Å². The van der Waals surface area contributed by atoms with Crippen LogP contribution < -0.4 is 11.1 Å². The van der Waals surface area contributed by atoms with Gasteiger partial charge in [-0.2, -0.15) is 0 Å². The third-order valence-electron chi connectivity index (χ3n) is 9.61. The van der Waals surface area contributed by atoms with Gasteiger partial charge in [0.25, 0.3) is 5.91 Å². The molecular formula is C35H37N3O7. The molecule has 0 aliphatic heterocycles. The van der Waals surface area contributed by atoms with Crippen LogP contribution in [-0.4, -0.2) is 74.6 Å². The summed E-state index contributed by atoms with van der Waals surface area (Å²) >= 11 is 0. The molecule has 0 heterocycles. The van der Waals surface area contributed by atoms with E-state index in [2.05, 4.69) is 31.3 Å². The Balaban J connectivity index is 1.54. The number of likely N-dealkylation sites (N-methyl/N-ethyl adjacent to an activating group) is 1. The van der Waals surface area contributed by atoms with Gasteiger partial charge < -0.3 is 31.5 Å². The molecule has 1 amide bonds. The maximum absolute atomic E-state index is 14.1.